The number of para-hydroxylation sites is 1. The molecule has 0 atom stereocenters. The molecular formula is C21H28N4O3. The van der Waals surface area contributed by atoms with E-state index in [2.05, 4.69) is 17.1 Å². The first-order valence-corrected chi connectivity index (χ1v) is 9.74. The van der Waals surface area contributed by atoms with E-state index in [1.165, 1.54) is 0 Å². The van der Waals surface area contributed by atoms with E-state index >= 15 is 0 Å². The van der Waals surface area contributed by atoms with Gasteiger partial charge in [0.05, 0.1) is 17.9 Å². The first-order chi connectivity index (χ1) is 13.6. The van der Waals surface area contributed by atoms with Gasteiger partial charge in [-0.1, -0.05) is 32.4 Å². The van der Waals surface area contributed by atoms with Crippen LogP contribution in [0.1, 0.15) is 37.0 Å². The average Bonchev–Trinajstić information content (AvgIpc) is 2.72. The lowest BCUT2D eigenvalue weighted by atomic mass is 10.1. The molecule has 1 fully saturated rings. The standard InChI is InChI=1S/C21H28N4O3/c1-3-5-14-28-21(27)18-8-6-7-9-19(18)23-20(26)17(15-22)16-25-12-10-24(4-2)11-13-25/h6-9,16H,3-5,10-14H2,1-2H3,(H,23,26)/b17-16-. The fourth-order valence-electron chi connectivity index (χ4n) is 2.88. The number of benzene rings is 1. The van der Waals surface area contributed by atoms with Gasteiger partial charge in [0.25, 0.3) is 5.91 Å². The number of nitrogens with zero attached hydrogens (tertiary/aromatic N) is 3. The lowest BCUT2D eigenvalue weighted by molar-refractivity contribution is -0.112. The van der Waals surface area contributed by atoms with Crippen LogP contribution in [0.2, 0.25) is 0 Å². The van der Waals surface area contributed by atoms with Gasteiger partial charge in [-0.2, -0.15) is 5.26 Å². The number of carbonyl (C=O) groups excluding carboxylic acids is 2. The Bertz CT molecular complexity index is 746. The van der Waals surface area contributed by atoms with Gasteiger partial charge < -0.3 is 19.9 Å². The highest BCUT2D eigenvalue weighted by Crippen LogP contribution is 2.18. The molecule has 150 valence electrons. The second kappa shape index (κ2) is 11.1. The maximum atomic E-state index is 12.6. The van der Waals surface area contributed by atoms with Crippen molar-refractivity contribution in [3.8, 4) is 6.07 Å². The predicted molar refractivity (Wildman–Crippen MR) is 108 cm³/mol. The zero-order valence-electron chi connectivity index (χ0n) is 16.6. The van der Waals surface area contributed by atoms with Crippen LogP contribution >= 0.6 is 0 Å². The van der Waals surface area contributed by atoms with E-state index in [0.717, 1.165) is 45.6 Å². The maximum absolute atomic E-state index is 12.6. The summed E-state index contributed by atoms with van der Waals surface area (Å²) in [7, 11) is 0. The minimum atomic E-state index is -0.533. The lowest BCUT2D eigenvalue weighted by Gasteiger charge is -2.33. The van der Waals surface area contributed by atoms with Gasteiger partial charge in [0.15, 0.2) is 0 Å². The van der Waals surface area contributed by atoms with Crippen LogP contribution < -0.4 is 5.32 Å². The van der Waals surface area contributed by atoms with Crippen molar-refractivity contribution < 1.29 is 14.3 Å². The van der Waals surface area contributed by atoms with E-state index in [9.17, 15) is 14.9 Å². The summed E-state index contributed by atoms with van der Waals surface area (Å²) in [5.74, 6) is -1.02. The fraction of sp³-hybridized carbons (Fsp3) is 0.476. The summed E-state index contributed by atoms with van der Waals surface area (Å²) < 4.78 is 5.24. The first kappa shape index (κ1) is 21.5. The zero-order chi connectivity index (χ0) is 20.4. The Hall–Kier alpha value is -2.85. The number of ether oxygens (including phenoxy) is 1. The number of hydrogen-bond donors (Lipinski definition) is 1. The van der Waals surface area contributed by atoms with Crippen molar-refractivity contribution in [3.05, 3.63) is 41.6 Å². The van der Waals surface area contributed by atoms with E-state index in [1.54, 1.807) is 30.5 Å². The smallest absolute Gasteiger partial charge is 0.340 e. The lowest BCUT2D eigenvalue weighted by Crippen LogP contribution is -2.44. The van der Waals surface area contributed by atoms with Crippen LogP contribution in [0.4, 0.5) is 5.69 Å². The van der Waals surface area contributed by atoms with Crippen LogP contribution in [0.15, 0.2) is 36.0 Å². The van der Waals surface area contributed by atoms with Crippen molar-refractivity contribution in [2.45, 2.75) is 26.7 Å². The molecule has 7 heteroatoms. The Balaban J connectivity index is 2.06. The van der Waals surface area contributed by atoms with Crippen LogP contribution in [-0.4, -0.2) is 61.0 Å². The third kappa shape index (κ3) is 6.10. The summed E-state index contributed by atoms with van der Waals surface area (Å²) in [6.45, 7) is 8.81. The Morgan fingerprint density at radius 1 is 1.21 bits per heavy atom. The number of nitrogens with one attached hydrogen (secondary N) is 1. The van der Waals surface area contributed by atoms with Gasteiger partial charge in [0.2, 0.25) is 0 Å². The number of rotatable bonds is 8. The molecule has 1 aromatic carbocycles. The molecule has 0 aliphatic carbocycles. The summed E-state index contributed by atoms with van der Waals surface area (Å²) in [5, 5.41) is 12.1. The number of likely N-dealkylation sites (N-methyl/N-ethyl adjacent to an activating group) is 1. The Morgan fingerprint density at radius 3 is 2.57 bits per heavy atom. The van der Waals surface area contributed by atoms with Crippen molar-refractivity contribution in [1.29, 1.82) is 5.26 Å². The Kier molecular flexibility index (Phi) is 8.50. The van der Waals surface area contributed by atoms with Gasteiger partial charge in [-0.3, -0.25) is 4.79 Å². The van der Waals surface area contributed by atoms with Crippen LogP contribution in [-0.2, 0) is 9.53 Å². The van der Waals surface area contributed by atoms with E-state index in [1.807, 2.05) is 17.9 Å². The van der Waals surface area contributed by atoms with Crippen molar-refractivity contribution in [2.24, 2.45) is 0 Å². The van der Waals surface area contributed by atoms with Gasteiger partial charge in [-0.05, 0) is 25.1 Å². The van der Waals surface area contributed by atoms with Gasteiger partial charge in [0, 0.05) is 32.4 Å². The number of carbonyl (C=O) groups is 2. The molecular weight excluding hydrogens is 356 g/mol. The summed E-state index contributed by atoms with van der Waals surface area (Å²) >= 11 is 0. The molecule has 7 nitrogen and oxygen atoms in total. The van der Waals surface area contributed by atoms with Gasteiger partial charge >= 0.3 is 5.97 Å². The van der Waals surface area contributed by atoms with Crippen LogP contribution in [0.3, 0.4) is 0 Å². The van der Waals surface area contributed by atoms with Crippen molar-refractivity contribution in [1.82, 2.24) is 9.80 Å². The molecule has 1 aromatic rings. The number of nitriles is 1. The van der Waals surface area contributed by atoms with E-state index in [4.69, 9.17) is 4.74 Å². The normalized spacial score (nSPS) is 15.0. The molecule has 0 spiro atoms. The number of piperazine rings is 1. The van der Waals surface area contributed by atoms with Gasteiger partial charge in [-0.25, -0.2) is 4.79 Å². The molecule has 0 bridgehead atoms. The largest absolute Gasteiger partial charge is 0.462 e. The number of esters is 1. The molecule has 1 heterocycles. The summed E-state index contributed by atoms with van der Waals surface area (Å²) in [5.41, 5.74) is 0.630. The molecule has 0 saturated carbocycles. The van der Waals surface area contributed by atoms with Crippen LogP contribution in [0.25, 0.3) is 0 Å². The molecule has 0 radical (unpaired) electrons. The topological polar surface area (TPSA) is 85.7 Å². The molecule has 2 rings (SSSR count). The number of amides is 1. The van der Waals surface area contributed by atoms with Crippen LogP contribution in [0, 0.1) is 11.3 Å². The highest BCUT2D eigenvalue weighted by Gasteiger charge is 2.19. The molecule has 0 aromatic heterocycles. The summed E-state index contributed by atoms with van der Waals surface area (Å²) in [4.78, 5) is 29.2. The molecule has 0 unspecified atom stereocenters. The van der Waals surface area contributed by atoms with Crippen molar-refractivity contribution >= 4 is 17.6 Å². The fourth-order valence-corrected chi connectivity index (χ4v) is 2.88. The van der Waals surface area contributed by atoms with Crippen molar-refractivity contribution in [3.63, 3.8) is 0 Å². The Labute approximate surface area is 166 Å². The molecule has 1 aliphatic heterocycles. The number of hydrogen-bond acceptors (Lipinski definition) is 6. The minimum absolute atomic E-state index is 0.0131. The second-order valence-corrected chi connectivity index (χ2v) is 6.61. The molecule has 1 saturated heterocycles. The maximum Gasteiger partial charge on any atom is 0.340 e. The third-order valence-corrected chi connectivity index (χ3v) is 4.66. The minimum Gasteiger partial charge on any atom is -0.462 e. The van der Waals surface area contributed by atoms with Crippen LogP contribution in [0.5, 0.6) is 0 Å². The summed E-state index contributed by atoms with van der Waals surface area (Å²) in [6, 6.07) is 8.62. The second-order valence-electron chi connectivity index (χ2n) is 6.61. The van der Waals surface area contributed by atoms with Gasteiger partial charge in [0.1, 0.15) is 11.6 Å². The highest BCUT2D eigenvalue weighted by atomic mass is 16.5. The monoisotopic (exact) mass is 384 g/mol. The predicted octanol–water partition coefficient (Wildman–Crippen LogP) is 2.63. The average molecular weight is 384 g/mol. The zero-order valence-corrected chi connectivity index (χ0v) is 16.6. The van der Waals surface area contributed by atoms with E-state index in [0.29, 0.717) is 12.3 Å². The first-order valence-electron chi connectivity index (χ1n) is 9.74. The third-order valence-electron chi connectivity index (χ3n) is 4.66. The Morgan fingerprint density at radius 2 is 1.93 bits per heavy atom. The highest BCUT2D eigenvalue weighted by molar-refractivity contribution is 6.09. The van der Waals surface area contributed by atoms with Gasteiger partial charge in [-0.15, -0.1) is 0 Å². The summed E-state index contributed by atoms with van der Waals surface area (Å²) in [6.07, 6.45) is 3.31. The molecule has 28 heavy (non-hydrogen) atoms. The number of unbranched alkanes of at least 4 members (excludes halogenated alkanes) is 1. The molecule has 1 amide bonds. The molecule has 1 N–H and O–H groups in total. The SMILES string of the molecule is CCCCOC(=O)c1ccccc1NC(=O)/C(C#N)=C\N1CCN(CC)CC1. The quantitative estimate of drug-likeness (QED) is 0.321. The molecule has 1 aliphatic rings. The number of anilines is 1. The van der Waals surface area contributed by atoms with E-state index in [-0.39, 0.29) is 11.1 Å². The van der Waals surface area contributed by atoms with E-state index < -0.39 is 11.9 Å². The van der Waals surface area contributed by atoms with Crippen molar-refractivity contribution in [2.75, 3.05) is 44.6 Å².